The molecule has 8 nitrogen and oxygen atoms in total. The number of para-hydroxylation sites is 1. The first-order valence-corrected chi connectivity index (χ1v) is 15.4. The van der Waals surface area contributed by atoms with Crippen LogP contribution in [0.1, 0.15) is 68.8 Å². The number of ketones is 2. The Hall–Kier alpha value is -3.65. The number of fused-ring (bicyclic) bond motifs is 2. The van der Waals surface area contributed by atoms with E-state index >= 15 is 0 Å². The molecule has 1 aliphatic heterocycles. The van der Waals surface area contributed by atoms with Crippen molar-refractivity contribution in [2.75, 3.05) is 6.54 Å². The molecule has 6 rings (SSSR count). The summed E-state index contributed by atoms with van der Waals surface area (Å²) in [7, 11) is 0. The van der Waals surface area contributed by atoms with Gasteiger partial charge in [-0.05, 0) is 74.3 Å². The molecule has 42 heavy (non-hydrogen) atoms. The highest BCUT2D eigenvalue weighted by Crippen LogP contribution is 2.43. The number of carbonyl (C=O) groups excluding carboxylic acids is 4. The van der Waals surface area contributed by atoms with Crippen molar-refractivity contribution >= 4 is 45.9 Å². The maximum Gasteiger partial charge on any atom is 0.271 e. The molecule has 5 unspecified atom stereocenters. The van der Waals surface area contributed by atoms with Crippen LogP contribution in [0, 0.1) is 17.8 Å². The average Bonchev–Trinajstić information content (AvgIpc) is 3.78. The fourth-order valence-electron chi connectivity index (χ4n) is 7.18. The van der Waals surface area contributed by atoms with Crippen LogP contribution in [0.15, 0.2) is 48.5 Å². The second-order valence-electron chi connectivity index (χ2n) is 11.9. The SMILES string of the molecule is CCC(=O)C(CC1CCCC1=O)NC(=O)C1C2CCCC2CN1C(=O)c1cc2c(Cl)ccc(Oc3ccccc3)c2[nH]1. The van der Waals surface area contributed by atoms with Crippen LogP contribution in [0.25, 0.3) is 10.9 Å². The fraction of sp³-hybridized carbons (Fsp3) is 0.455. The van der Waals surface area contributed by atoms with Crippen molar-refractivity contribution in [3.8, 4) is 11.5 Å². The zero-order valence-electron chi connectivity index (χ0n) is 23.7. The number of nitrogens with one attached hydrogen (secondary N) is 2. The molecule has 9 heteroatoms. The Balaban J connectivity index is 1.27. The van der Waals surface area contributed by atoms with E-state index in [0.29, 0.717) is 52.5 Å². The average molecular weight is 590 g/mol. The molecule has 3 fully saturated rings. The number of rotatable bonds is 9. The van der Waals surface area contributed by atoms with E-state index in [1.165, 1.54) is 0 Å². The number of aromatic amines is 1. The highest BCUT2D eigenvalue weighted by Gasteiger charge is 2.50. The first-order valence-electron chi connectivity index (χ1n) is 15.0. The summed E-state index contributed by atoms with van der Waals surface area (Å²) < 4.78 is 6.09. The van der Waals surface area contributed by atoms with Crippen LogP contribution in [0.5, 0.6) is 11.5 Å². The first kappa shape index (κ1) is 28.5. The van der Waals surface area contributed by atoms with Crippen molar-refractivity contribution in [2.45, 2.75) is 70.4 Å². The number of aromatic nitrogens is 1. The molecule has 2 saturated carbocycles. The van der Waals surface area contributed by atoms with Gasteiger partial charge in [0.1, 0.15) is 23.3 Å². The molecule has 0 radical (unpaired) electrons. The summed E-state index contributed by atoms with van der Waals surface area (Å²) in [6.07, 6.45) is 5.54. The van der Waals surface area contributed by atoms with Gasteiger partial charge in [-0.1, -0.05) is 43.1 Å². The largest absolute Gasteiger partial charge is 0.455 e. The van der Waals surface area contributed by atoms with Crippen molar-refractivity contribution in [1.29, 1.82) is 0 Å². The molecule has 1 aromatic heterocycles. The van der Waals surface area contributed by atoms with E-state index in [0.717, 1.165) is 32.1 Å². The summed E-state index contributed by atoms with van der Waals surface area (Å²) >= 11 is 6.53. The number of amides is 2. The third kappa shape index (κ3) is 5.44. The summed E-state index contributed by atoms with van der Waals surface area (Å²) in [4.78, 5) is 58.1. The lowest BCUT2D eigenvalue weighted by Gasteiger charge is -2.29. The minimum Gasteiger partial charge on any atom is -0.455 e. The van der Waals surface area contributed by atoms with Gasteiger partial charge in [-0.2, -0.15) is 0 Å². The zero-order chi connectivity index (χ0) is 29.4. The molecule has 0 spiro atoms. The molecule has 2 N–H and O–H groups in total. The van der Waals surface area contributed by atoms with Crippen LogP contribution in [0.4, 0.5) is 0 Å². The highest BCUT2D eigenvalue weighted by molar-refractivity contribution is 6.35. The first-order chi connectivity index (χ1) is 20.3. The van der Waals surface area contributed by atoms with E-state index in [1.807, 2.05) is 30.3 Å². The van der Waals surface area contributed by atoms with Gasteiger partial charge in [0.25, 0.3) is 5.91 Å². The fourth-order valence-corrected chi connectivity index (χ4v) is 7.39. The number of benzene rings is 2. The molecule has 0 bridgehead atoms. The quantitative estimate of drug-likeness (QED) is 0.314. The monoisotopic (exact) mass is 589 g/mol. The molecule has 2 aromatic carbocycles. The van der Waals surface area contributed by atoms with E-state index in [2.05, 4.69) is 10.3 Å². The number of nitrogens with zero attached hydrogens (tertiary/aromatic N) is 1. The topological polar surface area (TPSA) is 109 Å². The number of H-pyrrole nitrogens is 1. The van der Waals surface area contributed by atoms with Crippen LogP contribution in [0.2, 0.25) is 5.02 Å². The van der Waals surface area contributed by atoms with Crippen molar-refractivity contribution in [1.82, 2.24) is 15.2 Å². The maximum atomic E-state index is 14.1. The Morgan fingerprint density at radius 1 is 1.10 bits per heavy atom. The number of ether oxygens (including phenoxy) is 1. The van der Waals surface area contributed by atoms with Crippen molar-refractivity contribution in [3.63, 3.8) is 0 Å². The molecule has 220 valence electrons. The van der Waals surface area contributed by atoms with Crippen LogP contribution in [-0.4, -0.2) is 51.9 Å². The number of hydrogen-bond acceptors (Lipinski definition) is 5. The number of halogens is 1. The zero-order valence-corrected chi connectivity index (χ0v) is 24.5. The lowest BCUT2D eigenvalue weighted by atomic mass is 9.91. The van der Waals surface area contributed by atoms with Crippen LogP contribution >= 0.6 is 11.6 Å². The Morgan fingerprint density at radius 2 is 1.90 bits per heavy atom. The van der Waals surface area contributed by atoms with Crippen molar-refractivity contribution in [3.05, 3.63) is 59.2 Å². The minimum absolute atomic E-state index is 0.0318. The lowest BCUT2D eigenvalue weighted by molar-refractivity contribution is -0.131. The third-order valence-corrected chi connectivity index (χ3v) is 9.66. The summed E-state index contributed by atoms with van der Waals surface area (Å²) in [5, 5.41) is 4.13. The van der Waals surface area contributed by atoms with Gasteiger partial charge in [0.05, 0.1) is 16.6 Å². The molecule has 2 amide bonds. The smallest absolute Gasteiger partial charge is 0.271 e. The van der Waals surface area contributed by atoms with Crippen molar-refractivity contribution < 1.29 is 23.9 Å². The molecular weight excluding hydrogens is 554 g/mol. The van der Waals surface area contributed by atoms with Gasteiger partial charge < -0.3 is 19.9 Å². The van der Waals surface area contributed by atoms with E-state index in [9.17, 15) is 19.2 Å². The molecule has 2 heterocycles. The number of likely N-dealkylation sites (tertiary alicyclic amines) is 1. The van der Waals surface area contributed by atoms with Gasteiger partial charge in [0.15, 0.2) is 11.5 Å². The molecule has 5 atom stereocenters. The molecule has 3 aliphatic rings. The molecule has 2 aliphatic carbocycles. The Morgan fingerprint density at radius 3 is 2.64 bits per heavy atom. The second kappa shape index (κ2) is 11.9. The Labute approximate surface area is 250 Å². The normalized spacial score (nSPS) is 24.1. The van der Waals surface area contributed by atoms with Crippen LogP contribution < -0.4 is 10.1 Å². The number of hydrogen-bond donors (Lipinski definition) is 2. The molecule has 1 saturated heterocycles. The van der Waals surface area contributed by atoms with Crippen LogP contribution in [-0.2, 0) is 14.4 Å². The Bertz CT molecular complexity index is 1520. The van der Waals surface area contributed by atoms with E-state index in [-0.39, 0.29) is 47.6 Å². The van der Waals surface area contributed by atoms with Gasteiger partial charge in [0, 0.05) is 30.7 Å². The summed E-state index contributed by atoms with van der Waals surface area (Å²) in [6.45, 7) is 2.25. The van der Waals surface area contributed by atoms with E-state index in [1.54, 1.807) is 30.0 Å². The van der Waals surface area contributed by atoms with Gasteiger partial charge >= 0.3 is 0 Å². The van der Waals surface area contributed by atoms with Gasteiger partial charge in [-0.25, -0.2) is 0 Å². The lowest BCUT2D eigenvalue weighted by Crippen LogP contribution is -2.53. The van der Waals surface area contributed by atoms with Gasteiger partial charge in [-0.3, -0.25) is 19.2 Å². The van der Waals surface area contributed by atoms with E-state index < -0.39 is 12.1 Å². The number of carbonyl (C=O) groups is 4. The summed E-state index contributed by atoms with van der Waals surface area (Å²) in [5.74, 6) is 0.741. The predicted molar refractivity (Wildman–Crippen MR) is 160 cm³/mol. The maximum absolute atomic E-state index is 14.1. The second-order valence-corrected chi connectivity index (χ2v) is 12.3. The molecule has 3 aromatic rings. The third-order valence-electron chi connectivity index (χ3n) is 9.33. The van der Waals surface area contributed by atoms with E-state index in [4.69, 9.17) is 16.3 Å². The summed E-state index contributed by atoms with van der Waals surface area (Å²) in [5.41, 5.74) is 0.927. The summed E-state index contributed by atoms with van der Waals surface area (Å²) in [6, 6.07) is 13.2. The van der Waals surface area contributed by atoms with Gasteiger partial charge in [-0.15, -0.1) is 0 Å². The minimum atomic E-state index is -0.725. The number of Topliss-reactive ketones (excluding diaryl/α,β-unsaturated/α-hetero) is 2. The highest BCUT2D eigenvalue weighted by atomic mass is 35.5. The predicted octanol–water partition coefficient (Wildman–Crippen LogP) is 6.08. The standard InChI is InChI=1S/C33H36ClN3O5/c1-2-27(38)25(16-19-8-7-13-28(19)39)36-32(40)31-22-12-6-9-20(22)18-37(31)33(41)26-17-23-24(34)14-15-29(30(23)35-26)42-21-10-4-3-5-11-21/h3-5,10-11,14-15,17,19-20,22,25,31,35H,2,6-9,12-13,16,18H2,1H3,(H,36,40). The van der Waals surface area contributed by atoms with Gasteiger partial charge in [0.2, 0.25) is 5.91 Å². The van der Waals surface area contributed by atoms with Crippen LogP contribution in [0.3, 0.4) is 0 Å². The Kier molecular flexibility index (Phi) is 8.08. The molecular formula is C33H36ClN3O5. The van der Waals surface area contributed by atoms with Crippen molar-refractivity contribution in [2.24, 2.45) is 17.8 Å².